The maximum absolute atomic E-state index is 13.9. The number of rotatable bonds is 7. The molecule has 0 N–H and O–H groups in total. The predicted octanol–water partition coefficient (Wildman–Crippen LogP) is 5.55. The molecule has 33 heavy (non-hydrogen) atoms. The van der Waals surface area contributed by atoms with Gasteiger partial charge in [-0.1, -0.05) is 46.3 Å². The van der Waals surface area contributed by atoms with Gasteiger partial charge in [0, 0.05) is 18.7 Å². The molecule has 0 spiro atoms. The van der Waals surface area contributed by atoms with Crippen LogP contribution < -0.4 is 9.64 Å². The van der Waals surface area contributed by atoms with Gasteiger partial charge >= 0.3 is 0 Å². The lowest BCUT2D eigenvalue weighted by Gasteiger charge is -2.22. The van der Waals surface area contributed by atoms with Crippen LogP contribution in [0.4, 0.5) is 5.13 Å². The molecule has 2 aromatic carbocycles. The fourth-order valence-electron chi connectivity index (χ4n) is 3.32. The van der Waals surface area contributed by atoms with Crippen molar-refractivity contribution >= 4 is 56.6 Å². The number of methoxy groups -OCH3 is 1. The van der Waals surface area contributed by atoms with Gasteiger partial charge in [0.2, 0.25) is 0 Å². The number of halogens is 2. The molecular formula is C23H24Cl2N4O3S. The van der Waals surface area contributed by atoms with Gasteiger partial charge in [0.15, 0.2) is 5.13 Å². The summed E-state index contributed by atoms with van der Waals surface area (Å²) in [4.78, 5) is 22.3. The number of carbonyl (C=O) groups excluding carboxylic acids is 1. The Morgan fingerprint density at radius 3 is 2.64 bits per heavy atom. The molecule has 0 saturated carbocycles. The van der Waals surface area contributed by atoms with E-state index >= 15 is 0 Å². The van der Waals surface area contributed by atoms with E-state index in [9.17, 15) is 4.79 Å². The number of thiazole rings is 1. The molecule has 0 fully saturated rings. The number of aryl methyl sites for hydroxylation is 1. The predicted molar refractivity (Wildman–Crippen MR) is 135 cm³/mol. The summed E-state index contributed by atoms with van der Waals surface area (Å²) in [6, 6.07) is 12.9. The van der Waals surface area contributed by atoms with Gasteiger partial charge in [0.05, 0.1) is 22.3 Å². The van der Waals surface area contributed by atoms with Gasteiger partial charge in [-0.15, -0.1) is 12.4 Å². The van der Waals surface area contributed by atoms with E-state index in [0.717, 1.165) is 16.0 Å². The Kier molecular flexibility index (Phi) is 7.97. The number of benzene rings is 2. The molecule has 174 valence electrons. The summed E-state index contributed by atoms with van der Waals surface area (Å²) in [6.45, 7) is 2.85. The standard InChI is InChI=1S/C23H23ClN4O3S.ClH/c1-14-20(21(26-31-14)16-7-5-6-8-17(16)24)22(29)28(12-11-27(2)3)23-25-18-10-9-15(30-4)13-19(18)32-23;/h5-10,13H,11-12H2,1-4H3;1H. The highest BCUT2D eigenvalue weighted by atomic mass is 35.5. The summed E-state index contributed by atoms with van der Waals surface area (Å²) in [5.41, 5.74) is 2.27. The van der Waals surface area contributed by atoms with E-state index in [2.05, 4.69) is 5.16 Å². The fraction of sp³-hybridized carbons (Fsp3) is 0.261. The minimum atomic E-state index is -0.230. The van der Waals surface area contributed by atoms with Gasteiger partial charge in [-0.25, -0.2) is 4.98 Å². The normalized spacial score (nSPS) is 11.0. The number of amides is 1. The van der Waals surface area contributed by atoms with Gasteiger partial charge in [0.25, 0.3) is 5.91 Å². The van der Waals surface area contributed by atoms with Gasteiger partial charge in [-0.3, -0.25) is 9.69 Å². The first-order chi connectivity index (χ1) is 15.4. The molecule has 0 bridgehead atoms. The zero-order valence-corrected chi connectivity index (χ0v) is 21.1. The van der Waals surface area contributed by atoms with Crippen LogP contribution >= 0.6 is 35.3 Å². The lowest BCUT2D eigenvalue weighted by molar-refractivity contribution is 0.0984. The number of likely N-dealkylation sites (N-methyl/N-ethyl adjacent to an activating group) is 1. The number of nitrogens with zero attached hydrogens (tertiary/aromatic N) is 4. The average molecular weight is 507 g/mol. The van der Waals surface area contributed by atoms with Crippen molar-refractivity contribution in [2.45, 2.75) is 6.92 Å². The molecule has 10 heteroatoms. The van der Waals surface area contributed by atoms with Crippen LogP contribution in [0, 0.1) is 6.92 Å². The van der Waals surface area contributed by atoms with E-state index < -0.39 is 0 Å². The maximum atomic E-state index is 13.9. The topological polar surface area (TPSA) is 71.7 Å². The smallest absolute Gasteiger partial charge is 0.266 e. The van der Waals surface area contributed by atoms with Crippen LogP contribution in [0.3, 0.4) is 0 Å². The molecule has 2 aromatic heterocycles. The second-order valence-electron chi connectivity index (χ2n) is 7.53. The van der Waals surface area contributed by atoms with Gasteiger partial charge < -0.3 is 14.2 Å². The number of ether oxygens (including phenoxy) is 1. The maximum Gasteiger partial charge on any atom is 0.266 e. The summed E-state index contributed by atoms with van der Waals surface area (Å²) < 4.78 is 11.7. The van der Waals surface area contributed by atoms with Crippen LogP contribution in [-0.4, -0.2) is 55.2 Å². The van der Waals surface area contributed by atoms with Crippen LogP contribution in [-0.2, 0) is 0 Å². The summed E-state index contributed by atoms with van der Waals surface area (Å²) in [5.74, 6) is 0.948. The van der Waals surface area contributed by atoms with Gasteiger partial charge in [-0.2, -0.15) is 0 Å². The van der Waals surface area contributed by atoms with E-state index in [1.165, 1.54) is 11.3 Å². The number of hydrogen-bond acceptors (Lipinski definition) is 7. The first-order valence-corrected chi connectivity index (χ1v) is 11.2. The van der Waals surface area contributed by atoms with Crippen molar-refractivity contribution in [1.29, 1.82) is 0 Å². The number of anilines is 1. The Hall–Kier alpha value is -2.65. The average Bonchev–Trinajstić information content (AvgIpc) is 3.36. The molecule has 0 saturated heterocycles. The number of carbonyl (C=O) groups is 1. The second-order valence-corrected chi connectivity index (χ2v) is 8.95. The van der Waals surface area contributed by atoms with Crippen molar-refractivity contribution in [3.05, 3.63) is 58.8 Å². The Bertz CT molecular complexity index is 1270. The molecule has 4 aromatic rings. The van der Waals surface area contributed by atoms with Gasteiger partial charge in [0.1, 0.15) is 22.8 Å². The third-order valence-corrected chi connectivity index (χ3v) is 6.41. The molecular weight excluding hydrogens is 483 g/mol. The molecule has 4 rings (SSSR count). The Balaban J connectivity index is 0.00000306. The Labute approximate surface area is 207 Å². The van der Waals surface area contributed by atoms with Crippen molar-refractivity contribution in [2.24, 2.45) is 0 Å². The highest BCUT2D eigenvalue weighted by molar-refractivity contribution is 7.22. The summed E-state index contributed by atoms with van der Waals surface area (Å²) in [7, 11) is 5.55. The minimum absolute atomic E-state index is 0. The zero-order valence-electron chi connectivity index (χ0n) is 18.7. The molecule has 0 unspecified atom stereocenters. The van der Waals surface area contributed by atoms with E-state index in [1.54, 1.807) is 25.0 Å². The SMILES string of the molecule is COc1ccc2nc(N(CCN(C)C)C(=O)c3c(-c4ccccc4Cl)noc3C)sc2c1.Cl. The third kappa shape index (κ3) is 5.14. The summed E-state index contributed by atoms with van der Waals surface area (Å²) in [5, 5.41) is 5.26. The highest BCUT2D eigenvalue weighted by Gasteiger charge is 2.29. The van der Waals surface area contributed by atoms with Crippen LogP contribution in [0.25, 0.3) is 21.5 Å². The number of hydrogen-bond donors (Lipinski definition) is 0. The second kappa shape index (κ2) is 10.5. The Morgan fingerprint density at radius 2 is 1.94 bits per heavy atom. The van der Waals surface area contributed by atoms with Gasteiger partial charge in [-0.05, 0) is 45.3 Å². The van der Waals surface area contributed by atoms with E-state index in [4.69, 9.17) is 25.8 Å². The summed E-state index contributed by atoms with van der Waals surface area (Å²) >= 11 is 7.83. The Morgan fingerprint density at radius 1 is 1.18 bits per heavy atom. The minimum Gasteiger partial charge on any atom is -0.497 e. The van der Waals surface area contributed by atoms with Crippen molar-refractivity contribution in [2.75, 3.05) is 39.2 Å². The monoisotopic (exact) mass is 506 g/mol. The molecule has 7 nitrogen and oxygen atoms in total. The van der Waals surface area contributed by atoms with Crippen LogP contribution in [0.2, 0.25) is 5.02 Å². The largest absolute Gasteiger partial charge is 0.497 e. The number of aromatic nitrogens is 2. The molecule has 0 aliphatic carbocycles. The quantitative estimate of drug-likeness (QED) is 0.327. The molecule has 1 amide bonds. The van der Waals surface area contributed by atoms with Crippen molar-refractivity contribution in [3.63, 3.8) is 0 Å². The lowest BCUT2D eigenvalue weighted by Crippen LogP contribution is -2.37. The lowest BCUT2D eigenvalue weighted by atomic mass is 10.1. The third-order valence-electron chi connectivity index (χ3n) is 5.04. The van der Waals surface area contributed by atoms with Crippen LogP contribution in [0.5, 0.6) is 5.75 Å². The molecule has 0 atom stereocenters. The summed E-state index contributed by atoms with van der Waals surface area (Å²) in [6.07, 6.45) is 0. The fourth-order valence-corrected chi connectivity index (χ4v) is 4.56. The van der Waals surface area contributed by atoms with Crippen LogP contribution in [0.1, 0.15) is 16.1 Å². The van der Waals surface area contributed by atoms with E-state index in [0.29, 0.717) is 45.8 Å². The van der Waals surface area contributed by atoms with Crippen molar-refractivity contribution in [1.82, 2.24) is 15.0 Å². The first-order valence-electron chi connectivity index (χ1n) is 10.0. The number of fused-ring (bicyclic) bond motifs is 1. The van der Waals surface area contributed by atoms with Crippen molar-refractivity contribution in [3.8, 4) is 17.0 Å². The van der Waals surface area contributed by atoms with E-state index in [-0.39, 0.29) is 18.3 Å². The van der Waals surface area contributed by atoms with E-state index in [1.807, 2.05) is 55.4 Å². The molecule has 0 aliphatic rings. The first kappa shape index (κ1) is 25.0. The molecule has 2 heterocycles. The zero-order chi connectivity index (χ0) is 22.8. The van der Waals surface area contributed by atoms with Crippen LogP contribution in [0.15, 0.2) is 47.0 Å². The molecule has 0 aliphatic heterocycles. The molecule has 0 radical (unpaired) electrons. The van der Waals surface area contributed by atoms with Crippen molar-refractivity contribution < 1.29 is 14.1 Å². The highest BCUT2D eigenvalue weighted by Crippen LogP contribution is 2.35.